The van der Waals surface area contributed by atoms with Crippen molar-refractivity contribution >= 4 is 5.91 Å². The number of methoxy groups -OCH3 is 1. The predicted molar refractivity (Wildman–Crippen MR) is 108 cm³/mol. The van der Waals surface area contributed by atoms with E-state index in [9.17, 15) is 4.79 Å². The number of amides is 1. The summed E-state index contributed by atoms with van der Waals surface area (Å²) in [5.74, 6) is 0.794. The third kappa shape index (κ3) is 3.39. The molecule has 144 valence electrons. The molecule has 1 fully saturated rings. The maximum atomic E-state index is 13.5. The second-order valence-corrected chi connectivity index (χ2v) is 6.87. The van der Waals surface area contributed by atoms with Gasteiger partial charge in [0.05, 0.1) is 30.1 Å². The Hall–Kier alpha value is -3.12. The van der Waals surface area contributed by atoms with E-state index in [0.717, 1.165) is 29.2 Å². The summed E-state index contributed by atoms with van der Waals surface area (Å²) < 4.78 is 7.30. The van der Waals surface area contributed by atoms with Gasteiger partial charge in [-0.25, -0.2) is 4.68 Å². The number of carbonyl (C=O) groups excluding carboxylic acids is 1. The minimum atomic E-state index is -0.0862. The number of nitrogens with zero attached hydrogens (tertiary/aromatic N) is 3. The molecular weight excluding hydrogens is 352 g/mol. The van der Waals surface area contributed by atoms with Crippen LogP contribution in [0.3, 0.4) is 0 Å². The Balaban J connectivity index is 1.67. The molecule has 28 heavy (non-hydrogen) atoms. The Morgan fingerprint density at radius 1 is 1.14 bits per heavy atom. The number of piperazine rings is 1. The Morgan fingerprint density at radius 3 is 2.68 bits per heavy atom. The van der Waals surface area contributed by atoms with E-state index < -0.39 is 0 Å². The van der Waals surface area contributed by atoms with Crippen LogP contribution in [0.2, 0.25) is 0 Å². The van der Waals surface area contributed by atoms with Crippen molar-refractivity contribution in [2.75, 3.05) is 26.7 Å². The lowest BCUT2D eigenvalue weighted by molar-refractivity contribution is 0.0631. The molecule has 4 rings (SSSR count). The first-order valence-electron chi connectivity index (χ1n) is 9.45. The lowest BCUT2D eigenvalue weighted by Gasteiger charge is -2.37. The van der Waals surface area contributed by atoms with Crippen LogP contribution in [0.1, 0.15) is 27.7 Å². The number of benzene rings is 2. The topological polar surface area (TPSA) is 59.4 Å². The van der Waals surface area contributed by atoms with Gasteiger partial charge in [0.2, 0.25) is 0 Å². The van der Waals surface area contributed by atoms with E-state index in [1.165, 1.54) is 0 Å². The fraction of sp³-hybridized carbons (Fsp3) is 0.273. The molecule has 0 saturated carbocycles. The molecule has 2 aromatic carbocycles. The van der Waals surface area contributed by atoms with Gasteiger partial charge in [-0.3, -0.25) is 4.79 Å². The molecule has 1 amide bonds. The normalized spacial score (nSPS) is 16.8. The number of aryl methyl sites for hydroxylation is 1. The van der Waals surface area contributed by atoms with Crippen molar-refractivity contribution in [3.63, 3.8) is 0 Å². The molecule has 1 aromatic heterocycles. The molecule has 6 heteroatoms. The number of carbonyl (C=O) groups is 1. The first-order valence-corrected chi connectivity index (χ1v) is 9.45. The fourth-order valence-corrected chi connectivity index (χ4v) is 3.70. The summed E-state index contributed by atoms with van der Waals surface area (Å²) in [6.45, 7) is 3.98. The molecular formula is C22H24N4O2. The van der Waals surface area contributed by atoms with Gasteiger partial charge >= 0.3 is 0 Å². The second-order valence-electron chi connectivity index (χ2n) is 6.87. The Bertz CT molecular complexity index is 968. The molecule has 1 N–H and O–H groups in total. The molecule has 0 aliphatic carbocycles. The zero-order valence-corrected chi connectivity index (χ0v) is 16.1. The van der Waals surface area contributed by atoms with Crippen molar-refractivity contribution in [3.8, 4) is 11.4 Å². The predicted octanol–water partition coefficient (Wildman–Crippen LogP) is 2.98. The van der Waals surface area contributed by atoms with Crippen LogP contribution < -0.4 is 10.1 Å². The highest BCUT2D eigenvalue weighted by Crippen LogP contribution is 2.31. The van der Waals surface area contributed by atoms with Crippen LogP contribution >= 0.6 is 0 Å². The summed E-state index contributed by atoms with van der Waals surface area (Å²) in [6, 6.07) is 17.6. The van der Waals surface area contributed by atoms with Gasteiger partial charge in [-0.05, 0) is 25.1 Å². The molecule has 1 atom stereocenters. The van der Waals surface area contributed by atoms with Gasteiger partial charge in [-0.15, -0.1) is 0 Å². The largest absolute Gasteiger partial charge is 0.496 e. The average molecular weight is 376 g/mol. The number of nitrogens with one attached hydrogen (secondary N) is 1. The number of para-hydroxylation sites is 2. The number of hydrogen-bond donors (Lipinski definition) is 1. The van der Waals surface area contributed by atoms with Crippen molar-refractivity contribution in [1.82, 2.24) is 20.0 Å². The second kappa shape index (κ2) is 7.86. The van der Waals surface area contributed by atoms with Gasteiger partial charge in [0.1, 0.15) is 5.75 Å². The summed E-state index contributed by atoms with van der Waals surface area (Å²) in [6.07, 6.45) is 1.83. The first-order chi connectivity index (χ1) is 13.7. The van der Waals surface area contributed by atoms with Crippen LogP contribution in [0, 0.1) is 6.92 Å². The van der Waals surface area contributed by atoms with Crippen LogP contribution in [0.15, 0.2) is 60.8 Å². The average Bonchev–Trinajstić information content (AvgIpc) is 3.15. The van der Waals surface area contributed by atoms with Gasteiger partial charge in [0.25, 0.3) is 5.91 Å². The van der Waals surface area contributed by atoms with Crippen molar-refractivity contribution in [3.05, 3.63) is 77.6 Å². The number of rotatable bonds is 4. The van der Waals surface area contributed by atoms with Gasteiger partial charge in [-0.2, -0.15) is 5.10 Å². The van der Waals surface area contributed by atoms with Gasteiger partial charge < -0.3 is 15.0 Å². The van der Waals surface area contributed by atoms with E-state index >= 15 is 0 Å². The zero-order valence-electron chi connectivity index (χ0n) is 16.1. The van der Waals surface area contributed by atoms with Gasteiger partial charge in [0.15, 0.2) is 0 Å². The number of ether oxygens (including phenoxy) is 1. The molecule has 1 aliphatic heterocycles. The molecule has 1 unspecified atom stereocenters. The van der Waals surface area contributed by atoms with Gasteiger partial charge in [0, 0.05) is 31.4 Å². The zero-order chi connectivity index (χ0) is 19.5. The molecule has 0 spiro atoms. The third-order valence-corrected chi connectivity index (χ3v) is 5.15. The van der Waals surface area contributed by atoms with Crippen molar-refractivity contribution < 1.29 is 9.53 Å². The van der Waals surface area contributed by atoms with Crippen LogP contribution in [0.25, 0.3) is 5.69 Å². The van der Waals surface area contributed by atoms with Crippen LogP contribution in [-0.4, -0.2) is 47.3 Å². The Labute approximate surface area is 164 Å². The molecule has 1 aliphatic rings. The number of hydrogen-bond acceptors (Lipinski definition) is 4. The Morgan fingerprint density at radius 2 is 1.89 bits per heavy atom. The standard InChI is InChI=1S/C22H24N4O2/c1-16-19(15-26(24-16)17-8-4-3-5-9-17)22(27)25-13-12-23-14-20(25)18-10-6-7-11-21(18)28-2/h3-11,15,20,23H,12-14H2,1-2H3. The molecule has 1 saturated heterocycles. The molecule has 0 radical (unpaired) electrons. The minimum absolute atomic E-state index is 0.00270. The van der Waals surface area contributed by atoms with Crippen LogP contribution in [0.4, 0.5) is 0 Å². The summed E-state index contributed by atoms with van der Waals surface area (Å²) >= 11 is 0. The lowest BCUT2D eigenvalue weighted by Crippen LogP contribution is -2.48. The lowest BCUT2D eigenvalue weighted by atomic mass is 10.0. The van der Waals surface area contributed by atoms with Crippen LogP contribution in [-0.2, 0) is 0 Å². The maximum Gasteiger partial charge on any atom is 0.257 e. The maximum absolute atomic E-state index is 13.5. The minimum Gasteiger partial charge on any atom is -0.496 e. The Kier molecular flexibility index (Phi) is 5.12. The van der Waals surface area contributed by atoms with Crippen molar-refractivity contribution in [2.24, 2.45) is 0 Å². The van der Waals surface area contributed by atoms with E-state index in [1.807, 2.05) is 72.6 Å². The van der Waals surface area contributed by atoms with E-state index in [-0.39, 0.29) is 11.9 Å². The van der Waals surface area contributed by atoms with Gasteiger partial charge in [-0.1, -0.05) is 36.4 Å². The first kappa shape index (κ1) is 18.3. The SMILES string of the molecule is COc1ccccc1C1CNCCN1C(=O)c1cn(-c2ccccc2)nc1C. The summed E-state index contributed by atoms with van der Waals surface area (Å²) in [7, 11) is 1.66. The smallest absolute Gasteiger partial charge is 0.257 e. The highest BCUT2D eigenvalue weighted by molar-refractivity contribution is 5.95. The third-order valence-electron chi connectivity index (χ3n) is 5.15. The molecule has 3 aromatic rings. The van der Waals surface area contributed by atoms with E-state index in [0.29, 0.717) is 18.7 Å². The van der Waals surface area contributed by atoms with Crippen molar-refractivity contribution in [2.45, 2.75) is 13.0 Å². The quantitative estimate of drug-likeness (QED) is 0.761. The van der Waals surface area contributed by atoms with E-state index in [1.54, 1.807) is 11.8 Å². The molecule has 6 nitrogen and oxygen atoms in total. The highest BCUT2D eigenvalue weighted by Gasteiger charge is 2.32. The summed E-state index contributed by atoms with van der Waals surface area (Å²) in [5, 5.41) is 7.95. The number of aromatic nitrogens is 2. The summed E-state index contributed by atoms with van der Waals surface area (Å²) in [4.78, 5) is 15.4. The highest BCUT2D eigenvalue weighted by atomic mass is 16.5. The van der Waals surface area contributed by atoms with E-state index in [2.05, 4.69) is 10.4 Å². The van der Waals surface area contributed by atoms with E-state index in [4.69, 9.17) is 4.74 Å². The van der Waals surface area contributed by atoms with Crippen LogP contribution in [0.5, 0.6) is 5.75 Å². The van der Waals surface area contributed by atoms with Crippen molar-refractivity contribution in [1.29, 1.82) is 0 Å². The molecule has 2 heterocycles. The fourth-order valence-electron chi connectivity index (χ4n) is 3.70. The monoisotopic (exact) mass is 376 g/mol. The summed E-state index contributed by atoms with van der Waals surface area (Å²) in [5.41, 5.74) is 3.31. The molecule has 0 bridgehead atoms.